The number of hydrogen-bond donors (Lipinski definition) is 0. The van der Waals surface area contributed by atoms with Gasteiger partial charge in [0, 0.05) is 12.6 Å². The lowest BCUT2D eigenvalue weighted by Crippen LogP contribution is -2.33. The maximum absolute atomic E-state index is 2.55. The maximum atomic E-state index is 2.55. The normalized spacial score (nSPS) is 11.3. The molecule has 0 unspecified atom stereocenters. The molecule has 0 saturated carbocycles. The van der Waals surface area contributed by atoms with Crippen LogP contribution in [0.4, 0.5) is 0 Å². The summed E-state index contributed by atoms with van der Waals surface area (Å²) < 4.78 is 0. The zero-order chi connectivity index (χ0) is 11.1. The Morgan fingerprint density at radius 3 is 2.27 bits per heavy atom. The fraction of sp³-hybridized carbons (Fsp3) is 0.571. The molecule has 15 heavy (non-hydrogen) atoms. The van der Waals surface area contributed by atoms with Crippen molar-refractivity contribution >= 4 is 0 Å². The third kappa shape index (κ3) is 4.48. The Morgan fingerprint density at radius 1 is 1.07 bits per heavy atom. The summed E-state index contributed by atoms with van der Waals surface area (Å²) in [6.45, 7) is 9.19. The second kappa shape index (κ2) is 6.62. The molecule has 0 aliphatic heterocycles. The van der Waals surface area contributed by atoms with Crippen LogP contribution in [0.15, 0.2) is 30.3 Å². The standard InChI is InChI=1S/C14H23N/c1-4-11-15(13(2)3)12-10-14-8-6-5-7-9-14/h5-9,13H,4,10-12H2,1-3H3. The molecule has 1 rings (SSSR count). The number of nitrogens with zero attached hydrogens (tertiary/aromatic N) is 1. The van der Waals surface area contributed by atoms with E-state index in [1.54, 1.807) is 0 Å². The average Bonchev–Trinajstić information content (AvgIpc) is 2.25. The highest BCUT2D eigenvalue weighted by Crippen LogP contribution is 2.05. The first-order valence-corrected chi connectivity index (χ1v) is 6.02. The molecule has 84 valence electrons. The minimum atomic E-state index is 0.661. The van der Waals surface area contributed by atoms with Crippen molar-refractivity contribution in [2.24, 2.45) is 0 Å². The summed E-state index contributed by atoms with van der Waals surface area (Å²) in [4.78, 5) is 2.55. The number of hydrogen-bond acceptors (Lipinski definition) is 1. The number of rotatable bonds is 6. The summed E-state index contributed by atoms with van der Waals surface area (Å²) in [6, 6.07) is 11.4. The van der Waals surface area contributed by atoms with E-state index in [0.29, 0.717) is 6.04 Å². The fourth-order valence-corrected chi connectivity index (χ4v) is 1.83. The van der Waals surface area contributed by atoms with Gasteiger partial charge in [0.2, 0.25) is 0 Å². The highest BCUT2D eigenvalue weighted by molar-refractivity contribution is 5.14. The second-order valence-corrected chi connectivity index (χ2v) is 4.37. The van der Waals surface area contributed by atoms with E-state index < -0.39 is 0 Å². The van der Waals surface area contributed by atoms with E-state index in [9.17, 15) is 0 Å². The molecule has 1 nitrogen and oxygen atoms in total. The molecular weight excluding hydrogens is 182 g/mol. The summed E-state index contributed by atoms with van der Waals surface area (Å²) in [6.07, 6.45) is 2.41. The van der Waals surface area contributed by atoms with Gasteiger partial charge in [-0.05, 0) is 38.8 Å². The van der Waals surface area contributed by atoms with Gasteiger partial charge in [-0.2, -0.15) is 0 Å². The van der Waals surface area contributed by atoms with Crippen LogP contribution in [0.5, 0.6) is 0 Å². The van der Waals surface area contributed by atoms with E-state index in [1.807, 2.05) is 0 Å². The molecule has 0 N–H and O–H groups in total. The Hall–Kier alpha value is -0.820. The van der Waals surface area contributed by atoms with Crippen molar-refractivity contribution < 1.29 is 0 Å². The first-order valence-electron chi connectivity index (χ1n) is 6.02. The SMILES string of the molecule is CCCN(CCc1ccccc1)C(C)C. The van der Waals surface area contributed by atoms with Gasteiger partial charge < -0.3 is 4.90 Å². The second-order valence-electron chi connectivity index (χ2n) is 4.37. The largest absolute Gasteiger partial charge is 0.301 e. The van der Waals surface area contributed by atoms with Crippen LogP contribution in [0.1, 0.15) is 32.8 Å². The lowest BCUT2D eigenvalue weighted by atomic mass is 10.1. The molecule has 0 radical (unpaired) electrons. The molecule has 0 spiro atoms. The monoisotopic (exact) mass is 205 g/mol. The van der Waals surface area contributed by atoms with Crippen molar-refractivity contribution in [1.82, 2.24) is 4.90 Å². The first kappa shape index (κ1) is 12.3. The van der Waals surface area contributed by atoms with Crippen LogP contribution >= 0.6 is 0 Å². The van der Waals surface area contributed by atoms with Crippen LogP contribution in [0.3, 0.4) is 0 Å². The highest BCUT2D eigenvalue weighted by atomic mass is 15.1. The Kier molecular flexibility index (Phi) is 5.41. The van der Waals surface area contributed by atoms with Gasteiger partial charge in [0.25, 0.3) is 0 Å². The predicted octanol–water partition coefficient (Wildman–Crippen LogP) is 3.35. The van der Waals surface area contributed by atoms with Crippen molar-refractivity contribution in [3.63, 3.8) is 0 Å². The lowest BCUT2D eigenvalue weighted by Gasteiger charge is -2.25. The van der Waals surface area contributed by atoms with Crippen LogP contribution in [-0.2, 0) is 6.42 Å². The third-order valence-corrected chi connectivity index (χ3v) is 2.77. The van der Waals surface area contributed by atoms with Crippen molar-refractivity contribution in [2.75, 3.05) is 13.1 Å². The molecule has 0 aliphatic carbocycles. The summed E-state index contributed by atoms with van der Waals surface area (Å²) in [7, 11) is 0. The van der Waals surface area contributed by atoms with E-state index in [4.69, 9.17) is 0 Å². The van der Waals surface area contributed by atoms with Crippen molar-refractivity contribution in [3.05, 3.63) is 35.9 Å². The summed E-state index contributed by atoms with van der Waals surface area (Å²) in [5.74, 6) is 0. The maximum Gasteiger partial charge on any atom is 0.00387 e. The molecule has 0 fully saturated rings. The quantitative estimate of drug-likeness (QED) is 0.688. The topological polar surface area (TPSA) is 3.24 Å². The summed E-state index contributed by atoms with van der Waals surface area (Å²) in [5, 5.41) is 0. The molecule has 0 aromatic heterocycles. The van der Waals surface area contributed by atoms with E-state index >= 15 is 0 Å². The van der Waals surface area contributed by atoms with Gasteiger partial charge in [-0.15, -0.1) is 0 Å². The minimum Gasteiger partial charge on any atom is -0.301 e. The molecule has 0 atom stereocenters. The Balaban J connectivity index is 2.40. The van der Waals surface area contributed by atoms with E-state index in [1.165, 1.54) is 31.5 Å². The molecular formula is C14H23N. The molecule has 1 aromatic rings. The summed E-state index contributed by atoms with van der Waals surface area (Å²) >= 11 is 0. The van der Waals surface area contributed by atoms with E-state index in [2.05, 4.69) is 56.0 Å². The Morgan fingerprint density at radius 2 is 1.73 bits per heavy atom. The molecule has 0 aliphatic rings. The first-order chi connectivity index (χ1) is 7.24. The predicted molar refractivity (Wildman–Crippen MR) is 67.1 cm³/mol. The van der Waals surface area contributed by atoms with Crippen LogP contribution in [0.2, 0.25) is 0 Å². The van der Waals surface area contributed by atoms with Crippen LogP contribution in [-0.4, -0.2) is 24.0 Å². The third-order valence-electron chi connectivity index (χ3n) is 2.77. The zero-order valence-electron chi connectivity index (χ0n) is 10.2. The fourth-order valence-electron chi connectivity index (χ4n) is 1.83. The van der Waals surface area contributed by atoms with Crippen LogP contribution in [0, 0.1) is 0 Å². The van der Waals surface area contributed by atoms with Gasteiger partial charge in [0.05, 0.1) is 0 Å². The van der Waals surface area contributed by atoms with E-state index in [-0.39, 0.29) is 0 Å². The van der Waals surface area contributed by atoms with Gasteiger partial charge in [-0.25, -0.2) is 0 Å². The molecule has 0 amide bonds. The number of benzene rings is 1. The van der Waals surface area contributed by atoms with Gasteiger partial charge in [-0.1, -0.05) is 37.3 Å². The van der Waals surface area contributed by atoms with Crippen LogP contribution in [0.25, 0.3) is 0 Å². The minimum absolute atomic E-state index is 0.661. The van der Waals surface area contributed by atoms with Crippen molar-refractivity contribution in [3.8, 4) is 0 Å². The van der Waals surface area contributed by atoms with Crippen molar-refractivity contribution in [2.45, 2.75) is 39.7 Å². The van der Waals surface area contributed by atoms with Gasteiger partial charge in [-0.3, -0.25) is 0 Å². The Labute approximate surface area is 94.1 Å². The average molecular weight is 205 g/mol. The van der Waals surface area contributed by atoms with Crippen LogP contribution < -0.4 is 0 Å². The molecule has 0 bridgehead atoms. The van der Waals surface area contributed by atoms with Gasteiger partial charge in [0.1, 0.15) is 0 Å². The zero-order valence-corrected chi connectivity index (χ0v) is 10.2. The van der Waals surface area contributed by atoms with Gasteiger partial charge >= 0.3 is 0 Å². The summed E-state index contributed by atoms with van der Waals surface area (Å²) in [5.41, 5.74) is 1.44. The molecule has 0 heterocycles. The van der Waals surface area contributed by atoms with E-state index in [0.717, 1.165) is 0 Å². The van der Waals surface area contributed by atoms with Crippen molar-refractivity contribution in [1.29, 1.82) is 0 Å². The van der Waals surface area contributed by atoms with Gasteiger partial charge in [0.15, 0.2) is 0 Å². The molecule has 1 heteroatoms. The molecule has 1 aromatic carbocycles. The lowest BCUT2D eigenvalue weighted by molar-refractivity contribution is 0.225. The highest BCUT2D eigenvalue weighted by Gasteiger charge is 2.07. The smallest absolute Gasteiger partial charge is 0.00387 e. The molecule has 0 saturated heterocycles. The Bertz CT molecular complexity index is 253.